The van der Waals surface area contributed by atoms with Crippen molar-refractivity contribution in [2.24, 2.45) is 5.73 Å². The summed E-state index contributed by atoms with van der Waals surface area (Å²) in [7, 11) is 0. The Bertz CT molecular complexity index is 734. The van der Waals surface area contributed by atoms with Gasteiger partial charge in [-0.2, -0.15) is 0 Å². The van der Waals surface area contributed by atoms with Gasteiger partial charge in [0.15, 0.2) is 0 Å². The monoisotopic (exact) mass is 283 g/mol. The van der Waals surface area contributed by atoms with Crippen LogP contribution in [0.1, 0.15) is 10.9 Å². The predicted octanol–water partition coefficient (Wildman–Crippen LogP) is 2.93. The van der Waals surface area contributed by atoms with Gasteiger partial charge in [-0.05, 0) is 35.7 Å². The number of nitrogens with two attached hydrogens (primary N) is 1. The average molecular weight is 283 g/mol. The van der Waals surface area contributed by atoms with E-state index in [1.807, 2.05) is 47.8 Å². The van der Waals surface area contributed by atoms with Crippen molar-refractivity contribution in [3.8, 4) is 0 Å². The molecular weight excluding hydrogens is 270 g/mol. The highest BCUT2D eigenvalue weighted by Gasteiger charge is 2.17. The molecule has 0 saturated heterocycles. The molecule has 0 spiro atoms. The summed E-state index contributed by atoms with van der Waals surface area (Å²) in [5.41, 5.74) is 7.53. The fraction of sp³-hybridized carbons (Fsp3) is 0.0667. The van der Waals surface area contributed by atoms with Crippen LogP contribution in [0.5, 0.6) is 0 Å². The van der Waals surface area contributed by atoms with Gasteiger partial charge in [-0.1, -0.05) is 12.1 Å². The van der Waals surface area contributed by atoms with Crippen LogP contribution in [0.2, 0.25) is 0 Å². The van der Waals surface area contributed by atoms with Gasteiger partial charge in [0.25, 0.3) is 0 Å². The van der Waals surface area contributed by atoms with Crippen LogP contribution in [0.4, 0.5) is 5.69 Å². The molecule has 4 nitrogen and oxygen atoms in total. The van der Waals surface area contributed by atoms with Crippen molar-refractivity contribution in [2.75, 3.05) is 5.32 Å². The first-order chi connectivity index (χ1) is 9.75. The Morgan fingerprint density at radius 1 is 1.20 bits per heavy atom. The molecule has 2 heterocycles. The number of nitrogens with one attached hydrogen (secondary N) is 1. The highest BCUT2D eigenvalue weighted by molar-refractivity contribution is 7.10. The molecule has 100 valence electrons. The van der Waals surface area contributed by atoms with Gasteiger partial charge in [-0.3, -0.25) is 9.78 Å². The maximum Gasteiger partial charge on any atom is 0.246 e. The summed E-state index contributed by atoms with van der Waals surface area (Å²) in [5.74, 6) is -0.219. The number of rotatable bonds is 3. The second-order valence-corrected chi connectivity index (χ2v) is 5.34. The van der Waals surface area contributed by atoms with E-state index in [-0.39, 0.29) is 5.91 Å². The maximum absolute atomic E-state index is 12.2. The zero-order chi connectivity index (χ0) is 13.9. The number of hydrogen-bond acceptors (Lipinski definition) is 4. The van der Waals surface area contributed by atoms with Gasteiger partial charge in [0.1, 0.15) is 6.04 Å². The molecule has 0 saturated carbocycles. The van der Waals surface area contributed by atoms with Crippen LogP contribution in [0.3, 0.4) is 0 Å². The van der Waals surface area contributed by atoms with E-state index in [1.54, 1.807) is 6.20 Å². The molecule has 3 rings (SSSR count). The van der Waals surface area contributed by atoms with Gasteiger partial charge in [0.05, 0.1) is 11.2 Å². The Labute approximate surface area is 120 Å². The van der Waals surface area contributed by atoms with Crippen molar-refractivity contribution < 1.29 is 4.79 Å². The predicted molar refractivity (Wildman–Crippen MR) is 81.6 cm³/mol. The minimum absolute atomic E-state index is 0.219. The summed E-state index contributed by atoms with van der Waals surface area (Å²) >= 11 is 1.48. The fourth-order valence-corrected chi connectivity index (χ4v) is 2.75. The van der Waals surface area contributed by atoms with Gasteiger partial charge in [-0.25, -0.2) is 0 Å². The lowest BCUT2D eigenvalue weighted by molar-refractivity contribution is -0.117. The molecule has 0 aliphatic carbocycles. The quantitative estimate of drug-likeness (QED) is 0.776. The summed E-state index contributed by atoms with van der Waals surface area (Å²) in [6, 6.07) is 12.5. The van der Waals surface area contributed by atoms with E-state index in [0.29, 0.717) is 0 Å². The van der Waals surface area contributed by atoms with Gasteiger partial charge in [-0.15, -0.1) is 11.3 Å². The number of aromatic nitrogens is 1. The molecule has 1 atom stereocenters. The first-order valence-electron chi connectivity index (χ1n) is 6.19. The second-order valence-electron chi connectivity index (χ2n) is 4.36. The Hall–Kier alpha value is -2.24. The molecule has 5 heteroatoms. The smallest absolute Gasteiger partial charge is 0.246 e. The summed E-state index contributed by atoms with van der Waals surface area (Å²) in [4.78, 5) is 17.3. The van der Waals surface area contributed by atoms with Crippen molar-refractivity contribution in [3.63, 3.8) is 0 Å². The molecule has 3 aromatic rings. The topological polar surface area (TPSA) is 68.0 Å². The van der Waals surface area contributed by atoms with Crippen molar-refractivity contribution in [1.29, 1.82) is 0 Å². The molecule has 1 amide bonds. The van der Waals surface area contributed by atoms with E-state index in [9.17, 15) is 4.79 Å². The zero-order valence-corrected chi connectivity index (χ0v) is 11.4. The number of nitrogens with zero attached hydrogens (tertiary/aromatic N) is 1. The normalized spacial score (nSPS) is 12.2. The molecule has 1 unspecified atom stereocenters. The fourth-order valence-electron chi connectivity index (χ4n) is 2.02. The Balaban J connectivity index is 1.88. The zero-order valence-electron chi connectivity index (χ0n) is 10.6. The van der Waals surface area contributed by atoms with E-state index < -0.39 is 6.04 Å². The van der Waals surface area contributed by atoms with Crippen LogP contribution in [-0.2, 0) is 4.79 Å². The summed E-state index contributed by atoms with van der Waals surface area (Å²) < 4.78 is 0. The number of thiophene rings is 1. The third kappa shape index (κ3) is 2.41. The van der Waals surface area contributed by atoms with Gasteiger partial charge in [0.2, 0.25) is 5.91 Å². The summed E-state index contributed by atoms with van der Waals surface area (Å²) in [6.45, 7) is 0. The van der Waals surface area contributed by atoms with E-state index in [0.717, 1.165) is 21.5 Å². The van der Waals surface area contributed by atoms with Crippen LogP contribution in [0.15, 0.2) is 54.0 Å². The average Bonchev–Trinajstić information content (AvgIpc) is 3.01. The number of carbonyl (C=O) groups is 1. The Kier molecular flexibility index (Phi) is 3.45. The molecule has 0 radical (unpaired) electrons. The number of pyridine rings is 1. The molecule has 0 aliphatic rings. The van der Waals surface area contributed by atoms with Crippen LogP contribution >= 0.6 is 11.3 Å². The Morgan fingerprint density at radius 3 is 2.90 bits per heavy atom. The minimum atomic E-state index is -0.651. The minimum Gasteiger partial charge on any atom is -0.324 e. The van der Waals surface area contributed by atoms with Gasteiger partial charge >= 0.3 is 0 Å². The largest absolute Gasteiger partial charge is 0.324 e. The SMILES string of the molecule is NC(C(=O)Nc1cccc2ncccc12)c1cccs1. The number of amides is 1. The van der Waals surface area contributed by atoms with E-state index >= 15 is 0 Å². The third-order valence-electron chi connectivity index (χ3n) is 3.04. The number of hydrogen-bond donors (Lipinski definition) is 2. The Morgan fingerprint density at radius 2 is 2.10 bits per heavy atom. The van der Waals surface area contributed by atoms with Crippen LogP contribution < -0.4 is 11.1 Å². The maximum atomic E-state index is 12.2. The lowest BCUT2D eigenvalue weighted by atomic mass is 10.1. The van der Waals surface area contributed by atoms with Crippen molar-refractivity contribution >= 4 is 33.8 Å². The van der Waals surface area contributed by atoms with Gasteiger partial charge in [0, 0.05) is 16.5 Å². The molecular formula is C15H13N3OS. The van der Waals surface area contributed by atoms with Crippen molar-refractivity contribution in [1.82, 2.24) is 4.98 Å². The summed E-state index contributed by atoms with van der Waals surface area (Å²) in [6.07, 6.45) is 1.73. The van der Waals surface area contributed by atoms with Crippen LogP contribution in [-0.4, -0.2) is 10.9 Å². The molecule has 0 aliphatic heterocycles. The molecule has 2 aromatic heterocycles. The van der Waals surface area contributed by atoms with Crippen molar-refractivity contribution in [2.45, 2.75) is 6.04 Å². The van der Waals surface area contributed by atoms with Crippen LogP contribution in [0, 0.1) is 0 Å². The van der Waals surface area contributed by atoms with E-state index in [1.165, 1.54) is 11.3 Å². The number of carbonyl (C=O) groups excluding carboxylic acids is 1. The molecule has 0 bridgehead atoms. The molecule has 1 aromatic carbocycles. The highest BCUT2D eigenvalue weighted by Crippen LogP contribution is 2.23. The lowest BCUT2D eigenvalue weighted by Gasteiger charge is -2.12. The number of benzene rings is 1. The molecule has 3 N–H and O–H groups in total. The number of fused-ring (bicyclic) bond motifs is 1. The molecule has 20 heavy (non-hydrogen) atoms. The van der Waals surface area contributed by atoms with Crippen molar-refractivity contribution in [3.05, 3.63) is 58.9 Å². The molecule has 0 fully saturated rings. The van der Waals surface area contributed by atoms with Crippen LogP contribution in [0.25, 0.3) is 10.9 Å². The van der Waals surface area contributed by atoms with E-state index in [4.69, 9.17) is 5.73 Å². The van der Waals surface area contributed by atoms with Gasteiger partial charge < -0.3 is 11.1 Å². The number of anilines is 1. The first-order valence-corrected chi connectivity index (χ1v) is 7.07. The highest BCUT2D eigenvalue weighted by atomic mass is 32.1. The third-order valence-corrected chi connectivity index (χ3v) is 3.99. The summed E-state index contributed by atoms with van der Waals surface area (Å²) in [5, 5.41) is 5.69. The lowest BCUT2D eigenvalue weighted by Crippen LogP contribution is -2.27. The standard InChI is InChI=1S/C15H13N3OS/c16-14(13-7-3-9-20-13)15(19)18-12-6-1-5-11-10(12)4-2-8-17-11/h1-9,14H,16H2,(H,18,19). The van der Waals surface area contributed by atoms with E-state index in [2.05, 4.69) is 10.3 Å². The second kappa shape index (κ2) is 5.40. The first kappa shape index (κ1) is 12.8.